The molecule has 0 saturated carbocycles. The molecule has 4 aromatic rings. The summed E-state index contributed by atoms with van der Waals surface area (Å²) in [6.07, 6.45) is 5.88. The van der Waals surface area contributed by atoms with Crippen LogP contribution in [0.15, 0.2) is 61.1 Å². The highest BCUT2D eigenvalue weighted by atomic mass is 16.5. The van der Waals surface area contributed by atoms with Gasteiger partial charge in [-0.25, -0.2) is 15.0 Å². The van der Waals surface area contributed by atoms with E-state index in [1.807, 2.05) is 31.2 Å². The molecule has 2 aliphatic heterocycles. The van der Waals surface area contributed by atoms with Gasteiger partial charge in [0.05, 0.1) is 12.0 Å². The maximum Gasteiger partial charge on any atom is 0.237 e. The first-order valence-corrected chi connectivity index (χ1v) is 12.5. The molecule has 182 valence electrons. The molecule has 37 heavy (non-hydrogen) atoms. The Morgan fingerprint density at radius 3 is 2.84 bits per heavy atom. The second-order valence-corrected chi connectivity index (χ2v) is 10.2. The van der Waals surface area contributed by atoms with Gasteiger partial charge in [0.2, 0.25) is 11.7 Å². The van der Waals surface area contributed by atoms with Crippen LogP contribution in [0, 0.1) is 6.92 Å². The molecule has 0 fully saturated rings. The van der Waals surface area contributed by atoms with Crippen molar-refractivity contribution in [3.63, 3.8) is 0 Å². The minimum absolute atomic E-state index is 0.0197. The smallest absolute Gasteiger partial charge is 0.237 e. The van der Waals surface area contributed by atoms with Crippen molar-refractivity contribution >= 4 is 17.5 Å². The molecule has 3 aliphatic rings. The van der Waals surface area contributed by atoms with Crippen molar-refractivity contribution in [1.82, 2.24) is 15.0 Å². The van der Waals surface area contributed by atoms with Gasteiger partial charge < -0.3 is 10.1 Å². The van der Waals surface area contributed by atoms with E-state index in [2.05, 4.69) is 38.5 Å². The number of anilines is 1. The van der Waals surface area contributed by atoms with Crippen LogP contribution in [-0.4, -0.2) is 33.2 Å². The molecule has 1 N–H and O–H groups in total. The first-order valence-electron chi connectivity index (χ1n) is 12.5. The van der Waals surface area contributed by atoms with Crippen molar-refractivity contribution in [2.75, 3.05) is 11.9 Å². The molecule has 2 aromatic heterocycles. The Kier molecular flexibility index (Phi) is 4.76. The van der Waals surface area contributed by atoms with Crippen LogP contribution in [-0.2, 0) is 35.9 Å². The van der Waals surface area contributed by atoms with E-state index in [0.717, 1.165) is 40.1 Å². The predicted octanol–water partition coefficient (Wildman–Crippen LogP) is 3.93. The van der Waals surface area contributed by atoms with Gasteiger partial charge in [-0.15, -0.1) is 0 Å². The molecule has 7 heteroatoms. The first kappa shape index (κ1) is 21.9. The van der Waals surface area contributed by atoms with Crippen molar-refractivity contribution < 1.29 is 14.3 Å². The normalized spacial score (nSPS) is 18.8. The number of nitrogens with one attached hydrogen (secondary N) is 1. The van der Waals surface area contributed by atoms with Gasteiger partial charge in [-0.05, 0) is 71.8 Å². The molecule has 1 spiro atoms. The Hall–Kier alpha value is -4.39. The summed E-state index contributed by atoms with van der Waals surface area (Å²) in [6.45, 7) is 2.62. The number of amides is 1. The number of fused-ring (bicyclic) bond motifs is 4. The summed E-state index contributed by atoms with van der Waals surface area (Å²) in [6, 6.07) is 15.8. The van der Waals surface area contributed by atoms with E-state index >= 15 is 0 Å². The number of aromatic nitrogens is 3. The number of pyridine rings is 1. The maximum absolute atomic E-state index is 13.3. The Balaban J connectivity index is 1.14. The number of aryl methyl sites for hydroxylation is 1. The van der Waals surface area contributed by atoms with Gasteiger partial charge in [0.15, 0.2) is 0 Å². The van der Waals surface area contributed by atoms with Crippen LogP contribution in [0.2, 0.25) is 0 Å². The lowest BCUT2D eigenvalue weighted by atomic mass is 9.79. The molecule has 7 nitrogen and oxygen atoms in total. The fourth-order valence-corrected chi connectivity index (χ4v) is 6.04. The van der Waals surface area contributed by atoms with Crippen molar-refractivity contribution in [2.45, 2.75) is 38.0 Å². The lowest BCUT2D eigenvalue weighted by Gasteiger charge is -2.20. The summed E-state index contributed by atoms with van der Waals surface area (Å²) in [5.74, 6) is 1.47. The van der Waals surface area contributed by atoms with E-state index in [-0.39, 0.29) is 11.7 Å². The quantitative estimate of drug-likeness (QED) is 0.438. The standard InChI is InChI=1S/C30H24N4O3/c1-17-9-21(12-19-6-8-37-27(17)19)26(35)25-13-23(32-16-33-25)11-18-4-5-20-14-30(15-22(20)10-18)24-3-2-7-31-28(24)34-29(30)36/h2-5,7,9-10,12-13,16H,6,8,11,14-15H2,1H3,(H,31,34,36). The van der Waals surface area contributed by atoms with Crippen LogP contribution in [0.5, 0.6) is 5.75 Å². The predicted molar refractivity (Wildman–Crippen MR) is 137 cm³/mol. The van der Waals surface area contributed by atoms with Crippen LogP contribution in [0.25, 0.3) is 0 Å². The largest absolute Gasteiger partial charge is 0.493 e. The molecule has 2 aromatic carbocycles. The molecular formula is C30H24N4O3. The van der Waals surface area contributed by atoms with Crippen molar-refractivity contribution in [2.24, 2.45) is 0 Å². The fraction of sp³-hybridized carbons (Fsp3) is 0.233. The third-order valence-corrected chi connectivity index (χ3v) is 7.82. The highest BCUT2D eigenvalue weighted by molar-refractivity contribution is 6.08. The number of hydrogen-bond donors (Lipinski definition) is 1. The summed E-state index contributed by atoms with van der Waals surface area (Å²) in [5, 5.41) is 2.96. The number of rotatable bonds is 4. The number of ether oxygens (including phenoxy) is 1. The van der Waals surface area contributed by atoms with E-state index in [4.69, 9.17) is 4.74 Å². The molecule has 1 atom stereocenters. The van der Waals surface area contributed by atoms with Crippen molar-refractivity contribution in [3.8, 4) is 5.75 Å². The second kappa shape index (κ2) is 8.06. The zero-order valence-corrected chi connectivity index (χ0v) is 20.4. The Morgan fingerprint density at radius 1 is 1.03 bits per heavy atom. The lowest BCUT2D eigenvalue weighted by Crippen LogP contribution is -2.35. The average Bonchev–Trinajstić information content (AvgIpc) is 3.60. The highest BCUT2D eigenvalue weighted by Gasteiger charge is 2.51. The van der Waals surface area contributed by atoms with Gasteiger partial charge in [-0.1, -0.05) is 24.3 Å². The lowest BCUT2D eigenvalue weighted by molar-refractivity contribution is -0.120. The third kappa shape index (κ3) is 3.45. The number of hydrogen-bond acceptors (Lipinski definition) is 6. The summed E-state index contributed by atoms with van der Waals surface area (Å²) < 4.78 is 5.68. The second-order valence-electron chi connectivity index (χ2n) is 10.2. The molecule has 1 aliphatic carbocycles. The maximum atomic E-state index is 13.3. The van der Waals surface area contributed by atoms with Gasteiger partial charge in [0.25, 0.3) is 0 Å². The van der Waals surface area contributed by atoms with Gasteiger partial charge >= 0.3 is 0 Å². The molecule has 0 saturated heterocycles. The van der Waals surface area contributed by atoms with Gasteiger partial charge in [-0.3, -0.25) is 9.59 Å². The number of nitrogens with zero attached hydrogens (tertiary/aromatic N) is 3. The molecular weight excluding hydrogens is 464 g/mol. The van der Waals surface area contributed by atoms with Gasteiger partial charge in [0.1, 0.15) is 23.6 Å². The van der Waals surface area contributed by atoms with E-state index in [0.29, 0.717) is 42.9 Å². The summed E-state index contributed by atoms with van der Waals surface area (Å²) >= 11 is 0. The SMILES string of the molecule is Cc1cc(C(=O)c2cc(Cc3ccc4c(c3)CC3(C4)C(=O)Nc4ncccc43)ncn2)cc2c1OCC2. The summed E-state index contributed by atoms with van der Waals surface area (Å²) in [4.78, 5) is 39.3. The third-order valence-electron chi connectivity index (χ3n) is 7.82. The Morgan fingerprint density at radius 2 is 1.92 bits per heavy atom. The van der Waals surface area contributed by atoms with Gasteiger partial charge in [0, 0.05) is 35.9 Å². The number of benzene rings is 2. The Labute approximate surface area is 214 Å². The van der Waals surface area contributed by atoms with Crippen LogP contribution in [0.3, 0.4) is 0 Å². The molecule has 1 unspecified atom stereocenters. The zero-order valence-electron chi connectivity index (χ0n) is 20.4. The van der Waals surface area contributed by atoms with E-state index in [9.17, 15) is 9.59 Å². The monoisotopic (exact) mass is 488 g/mol. The molecule has 1 amide bonds. The van der Waals surface area contributed by atoms with E-state index in [1.165, 1.54) is 17.5 Å². The number of carbonyl (C=O) groups is 2. The van der Waals surface area contributed by atoms with Crippen LogP contribution < -0.4 is 10.1 Å². The minimum atomic E-state index is -0.585. The summed E-state index contributed by atoms with van der Waals surface area (Å²) in [5.41, 5.74) is 7.66. The average molecular weight is 489 g/mol. The topological polar surface area (TPSA) is 94.1 Å². The zero-order chi connectivity index (χ0) is 25.1. The van der Waals surface area contributed by atoms with Gasteiger partial charge in [-0.2, -0.15) is 0 Å². The Bertz CT molecular complexity index is 1630. The minimum Gasteiger partial charge on any atom is -0.493 e. The molecule has 4 heterocycles. The highest BCUT2D eigenvalue weighted by Crippen LogP contribution is 2.46. The summed E-state index contributed by atoms with van der Waals surface area (Å²) in [7, 11) is 0. The molecule has 7 rings (SSSR count). The molecule has 0 radical (unpaired) electrons. The van der Waals surface area contributed by atoms with Crippen LogP contribution in [0.1, 0.15) is 55.1 Å². The van der Waals surface area contributed by atoms with E-state index < -0.39 is 5.41 Å². The fourth-order valence-electron chi connectivity index (χ4n) is 6.04. The van der Waals surface area contributed by atoms with Crippen molar-refractivity contribution in [1.29, 1.82) is 0 Å². The molecule has 0 bridgehead atoms. The number of carbonyl (C=O) groups excluding carboxylic acids is 2. The van der Waals surface area contributed by atoms with Crippen LogP contribution in [0.4, 0.5) is 5.82 Å². The first-order chi connectivity index (χ1) is 18.0. The van der Waals surface area contributed by atoms with Crippen LogP contribution >= 0.6 is 0 Å². The van der Waals surface area contributed by atoms with Crippen molar-refractivity contribution in [3.05, 3.63) is 111 Å². The number of ketones is 1. The van der Waals surface area contributed by atoms with E-state index in [1.54, 1.807) is 12.3 Å².